The van der Waals surface area contributed by atoms with E-state index in [1.807, 2.05) is 18.2 Å². The van der Waals surface area contributed by atoms with E-state index in [-0.39, 0.29) is 0 Å². The molecule has 0 heterocycles. The van der Waals surface area contributed by atoms with Crippen molar-refractivity contribution in [2.45, 2.75) is 25.4 Å². The van der Waals surface area contributed by atoms with Crippen molar-refractivity contribution in [2.75, 3.05) is 11.6 Å². The average molecular weight is 312 g/mol. The molecule has 114 valence electrons. The second-order valence-corrected chi connectivity index (χ2v) is 6.03. The molecule has 0 radical (unpaired) electrons. The highest BCUT2D eigenvalue weighted by molar-refractivity contribution is 7.85. The number of aryl methyl sites for hydroxylation is 2. The number of nitro groups is 1. The largest absolute Gasteiger partial charge is 0.346 e. The van der Waals surface area contributed by atoms with Crippen LogP contribution in [0.4, 0.5) is 5.69 Å². The quantitative estimate of drug-likeness (QED) is 0.286. The van der Waals surface area contributed by atoms with Crippen LogP contribution in [-0.4, -0.2) is 30.3 Å². The molecule has 1 atom stereocenters. The van der Waals surface area contributed by atoms with Gasteiger partial charge in [0.15, 0.2) is 0 Å². The van der Waals surface area contributed by atoms with Gasteiger partial charge in [0.25, 0.3) is 10.1 Å². The Morgan fingerprint density at radius 3 is 2.52 bits per heavy atom. The number of rotatable bonds is 3. The first-order valence-electron chi connectivity index (χ1n) is 6.11. The molecule has 1 unspecified atom stereocenters. The van der Waals surface area contributed by atoms with Crippen molar-refractivity contribution in [2.24, 2.45) is 0 Å². The van der Waals surface area contributed by atoms with Gasteiger partial charge in [-0.05, 0) is 48.4 Å². The number of terminal acetylenes is 1. The van der Waals surface area contributed by atoms with Crippen LogP contribution in [-0.2, 0) is 23.0 Å². The van der Waals surface area contributed by atoms with Crippen molar-refractivity contribution in [3.05, 3.63) is 39.4 Å². The fourth-order valence-electron chi connectivity index (χ4n) is 1.97. The van der Waals surface area contributed by atoms with Crippen molar-refractivity contribution >= 4 is 15.8 Å². The van der Waals surface area contributed by atoms with Crippen LogP contribution in [0.3, 0.4) is 0 Å². The van der Waals surface area contributed by atoms with Crippen LogP contribution in [0.25, 0.3) is 0 Å². The molecule has 1 aliphatic rings. The summed E-state index contributed by atoms with van der Waals surface area (Å²) in [5, 5.41) is 13.3. The minimum atomic E-state index is -3.67. The first kappa shape index (κ1) is 16.9. The van der Waals surface area contributed by atoms with Crippen molar-refractivity contribution in [3.63, 3.8) is 0 Å². The second-order valence-electron chi connectivity index (χ2n) is 4.57. The maximum absolute atomic E-state index is 10.6. The molecule has 1 aromatic carbocycles. The van der Waals surface area contributed by atoms with E-state index in [1.165, 1.54) is 11.1 Å². The standard InChI is InChI=1S/C12H12N2O2.CH4O3S/c1-2-12(14(15)16)13-11-7-6-9-4-3-5-10(9)8-11;1-5(2,3)4/h1,6-8,12-13H,3-5H2;1H3,(H,2,3,4). The average Bonchev–Trinajstić information content (AvgIpc) is 2.80. The lowest BCUT2D eigenvalue weighted by Crippen LogP contribution is -2.26. The summed E-state index contributed by atoms with van der Waals surface area (Å²) in [6.45, 7) is 0. The third-order valence-electron chi connectivity index (χ3n) is 2.77. The van der Waals surface area contributed by atoms with Crippen LogP contribution >= 0.6 is 0 Å². The molecule has 0 aliphatic heterocycles. The van der Waals surface area contributed by atoms with E-state index in [2.05, 4.69) is 11.2 Å². The van der Waals surface area contributed by atoms with E-state index in [4.69, 9.17) is 11.0 Å². The monoisotopic (exact) mass is 312 g/mol. The lowest BCUT2D eigenvalue weighted by molar-refractivity contribution is -0.499. The number of nitrogens with one attached hydrogen (secondary N) is 1. The molecule has 1 aliphatic carbocycles. The summed E-state index contributed by atoms with van der Waals surface area (Å²) in [7, 11) is -3.67. The fraction of sp³-hybridized carbons (Fsp3) is 0.385. The first-order chi connectivity index (χ1) is 9.70. The third-order valence-corrected chi connectivity index (χ3v) is 2.77. The lowest BCUT2D eigenvalue weighted by Gasteiger charge is -2.08. The molecule has 0 spiro atoms. The van der Waals surface area contributed by atoms with Gasteiger partial charge in [0, 0.05) is 5.69 Å². The van der Waals surface area contributed by atoms with Crippen molar-refractivity contribution in [1.29, 1.82) is 0 Å². The van der Waals surface area contributed by atoms with Gasteiger partial charge in [0.05, 0.1) is 11.2 Å². The van der Waals surface area contributed by atoms with Gasteiger partial charge >= 0.3 is 6.17 Å². The van der Waals surface area contributed by atoms with E-state index < -0.39 is 21.2 Å². The Labute approximate surface area is 123 Å². The van der Waals surface area contributed by atoms with E-state index in [9.17, 15) is 18.5 Å². The zero-order chi connectivity index (χ0) is 16.0. The van der Waals surface area contributed by atoms with Crippen LogP contribution in [0.5, 0.6) is 0 Å². The Balaban J connectivity index is 0.000000383. The highest BCUT2D eigenvalue weighted by atomic mass is 32.2. The summed E-state index contributed by atoms with van der Waals surface area (Å²) in [4.78, 5) is 10.1. The normalized spacial score (nSPS) is 14.1. The van der Waals surface area contributed by atoms with Gasteiger partial charge in [-0.2, -0.15) is 8.42 Å². The fourth-order valence-corrected chi connectivity index (χ4v) is 1.97. The molecule has 21 heavy (non-hydrogen) atoms. The first-order valence-corrected chi connectivity index (χ1v) is 7.96. The number of benzene rings is 1. The van der Waals surface area contributed by atoms with Crippen LogP contribution in [0.2, 0.25) is 0 Å². The zero-order valence-electron chi connectivity index (χ0n) is 11.4. The molecule has 7 nitrogen and oxygen atoms in total. The maximum atomic E-state index is 10.6. The van der Waals surface area contributed by atoms with E-state index >= 15 is 0 Å². The number of fused-ring (bicyclic) bond motifs is 1. The number of anilines is 1. The smallest absolute Gasteiger partial charge is 0.313 e. The molecule has 2 rings (SSSR count). The summed E-state index contributed by atoms with van der Waals surface area (Å²) in [5.41, 5.74) is 3.33. The predicted molar refractivity (Wildman–Crippen MR) is 79.2 cm³/mol. The minimum Gasteiger partial charge on any atom is -0.313 e. The SMILES string of the molecule is C#CC(Nc1ccc2c(c1)CCC2)[N+](=O)[O-].CS(=O)(=O)O. The highest BCUT2D eigenvalue weighted by Gasteiger charge is 2.17. The molecular weight excluding hydrogens is 296 g/mol. The summed E-state index contributed by atoms with van der Waals surface area (Å²) in [5.74, 6) is 2.11. The summed E-state index contributed by atoms with van der Waals surface area (Å²) < 4.78 is 25.9. The number of hydrogen-bond acceptors (Lipinski definition) is 5. The van der Waals surface area contributed by atoms with Crippen LogP contribution < -0.4 is 5.32 Å². The Morgan fingerprint density at radius 2 is 2.00 bits per heavy atom. The Bertz CT molecular complexity index is 656. The third kappa shape index (κ3) is 6.25. The topological polar surface area (TPSA) is 110 Å². The van der Waals surface area contributed by atoms with Gasteiger partial charge in [-0.1, -0.05) is 6.07 Å². The van der Waals surface area contributed by atoms with E-state index in [0.717, 1.165) is 24.9 Å². The molecular formula is C13H16N2O5S. The molecule has 0 fully saturated rings. The van der Waals surface area contributed by atoms with Gasteiger partial charge in [-0.15, -0.1) is 6.42 Å². The summed E-state index contributed by atoms with van der Waals surface area (Å²) in [6.07, 6.45) is 7.95. The molecule has 1 aromatic rings. The van der Waals surface area contributed by atoms with Gasteiger partial charge in [-0.25, -0.2) is 0 Å². The van der Waals surface area contributed by atoms with Crippen LogP contribution in [0.1, 0.15) is 17.5 Å². The second kappa shape index (κ2) is 7.06. The maximum Gasteiger partial charge on any atom is 0.346 e. The number of hydrogen-bond donors (Lipinski definition) is 2. The van der Waals surface area contributed by atoms with Gasteiger partial charge in [-0.3, -0.25) is 14.7 Å². The Kier molecular flexibility index (Phi) is 5.69. The summed E-state index contributed by atoms with van der Waals surface area (Å²) >= 11 is 0. The predicted octanol–water partition coefficient (Wildman–Crippen LogP) is 1.33. The number of nitrogens with zero attached hydrogens (tertiary/aromatic N) is 1. The van der Waals surface area contributed by atoms with E-state index in [1.54, 1.807) is 0 Å². The molecule has 0 amide bonds. The molecule has 2 N–H and O–H groups in total. The van der Waals surface area contributed by atoms with Gasteiger partial charge < -0.3 is 5.32 Å². The molecule has 0 saturated carbocycles. The van der Waals surface area contributed by atoms with Crippen molar-refractivity contribution in [1.82, 2.24) is 0 Å². The molecule has 0 aromatic heterocycles. The lowest BCUT2D eigenvalue weighted by atomic mass is 10.1. The highest BCUT2D eigenvalue weighted by Crippen LogP contribution is 2.25. The van der Waals surface area contributed by atoms with Gasteiger partial charge in [0.1, 0.15) is 0 Å². The zero-order valence-corrected chi connectivity index (χ0v) is 12.3. The molecule has 0 bridgehead atoms. The Hall–Kier alpha value is -2.11. The van der Waals surface area contributed by atoms with Crippen molar-refractivity contribution < 1.29 is 17.9 Å². The van der Waals surface area contributed by atoms with Crippen LogP contribution in [0.15, 0.2) is 18.2 Å². The molecule has 8 heteroatoms. The summed E-state index contributed by atoms with van der Waals surface area (Å²) in [6, 6.07) is 5.81. The van der Waals surface area contributed by atoms with Crippen molar-refractivity contribution in [3.8, 4) is 12.3 Å². The minimum absolute atomic E-state index is 0.507. The van der Waals surface area contributed by atoms with E-state index in [0.29, 0.717) is 6.26 Å². The Morgan fingerprint density at radius 1 is 1.43 bits per heavy atom. The molecule has 0 saturated heterocycles. The van der Waals surface area contributed by atoms with Crippen LogP contribution in [0, 0.1) is 22.5 Å². The van der Waals surface area contributed by atoms with Gasteiger partial charge in [0.2, 0.25) is 0 Å².